The maximum atomic E-state index is 10.6. The van der Waals surface area contributed by atoms with E-state index in [1.165, 1.54) is 10.8 Å². The highest BCUT2D eigenvalue weighted by Crippen LogP contribution is 2.15. The molecular weight excluding hydrogens is 226 g/mol. The molecule has 0 amide bonds. The molecule has 0 spiro atoms. The van der Waals surface area contributed by atoms with Crippen LogP contribution in [0.5, 0.6) is 0 Å². The largest absolute Gasteiger partial charge is 0.358 e. The van der Waals surface area contributed by atoms with E-state index in [9.17, 15) is 10.1 Å². The summed E-state index contributed by atoms with van der Waals surface area (Å²) >= 11 is 1.60. The molecule has 0 atom stereocenters. The molecule has 0 fully saturated rings. The van der Waals surface area contributed by atoms with Crippen molar-refractivity contribution in [2.75, 3.05) is 0 Å². The fraction of sp³-hybridized carbons (Fsp3) is 0.100. The molecule has 0 unspecified atom stereocenters. The Labute approximate surface area is 95.8 Å². The average Bonchev–Trinajstić information content (AvgIpc) is 2.84. The fourth-order valence-electron chi connectivity index (χ4n) is 1.28. The van der Waals surface area contributed by atoms with Crippen molar-refractivity contribution in [3.63, 3.8) is 0 Å². The molecule has 2 rings (SSSR count). The average molecular weight is 235 g/mol. The van der Waals surface area contributed by atoms with Gasteiger partial charge in [-0.25, -0.2) is 9.55 Å². The third kappa shape index (κ3) is 2.01. The van der Waals surface area contributed by atoms with Crippen molar-refractivity contribution >= 4 is 29.3 Å². The summed E-state index contributed by atoms with van der Waals surface area (Å²) in [7, 11) is 1.62. The second-order valence-electron chi connectivity index (χ2n) is 3.18. The first-order valence-corrected chi connectivity index (χ1v) is 5.49. The summed E-state index contributed by atoms with van der Waals surface area (Å²) in [5.41, 5.74) is 1.07. The lowest BCUT2D eigenvalue weighted by Crippen LogP contribution is -1.98. The fourth-order valence-corrected chi connectivity index (χ4v) is 1.91. The molecule has 0 aliphatic carbocycles. The molecule has 6 heteroatoms. The van der Waals surface area contributed by atoms with E-state index < -0.39 is 4.92 Å². The Morgan fingerprint density at radius 1 is 1.56 bits per heavy atom. The third-order valence-corrected chi connectivity index (χ3v) is 2.86. The molecule has 16 heavy (non-hydrogen) atoms. The molecule has 2 heterocycles. The Kier molecular flexibility index (Phi) is 2.82. The van der Waals surface area contributed by atoms with E-state index in [1.807, 2.05) is 22.9 Å². The van der Waals surface area contributed by atoms with Crippen LogP contribution in [0.4, 0.5) is 5.82 Å². The van der Waals surface area contributed by atoms with Crippen molar-refractivity contribution in [1.82, 2.24) is 9.55 Å². The van der Waals surface area contributed by atoms with E-state index in [1.54, 1.807) is 24.5 Å². The second-order valence-corrected chi connectivity index (χ2v) is 3.96. The highest BCUT2D eigenvalue weighted by molar-refractivity contribution is 7.08. The number of hydrogen-bond acceptors (Lipinski definition) is 4. The molecule has 0 saturated heterocycles. The zero-order valence-electron chi connectivity index (χ0n) is 8.53. The van der Waals surface area contributed by atoms with E-state index >= 15 is 0 Å². The quantitative estimate of drug-likeness (QED) is 0.606. The number of nitro groups is 1. The van der Waals surface area contributed by atoms with Crippen LogP contribution in [0.2, 0.25) is 0 Å². The van der Waals surface area contributed by atoms with Gasteiger partial charge in [0.25, 0.3) is 0 Å². The molecular formula is C10H9N3O2S. The van der Waals surface area contributed by atoms with Crippen molar-refractivity contribution in [2.24, 2.45) is 7.05 Å². The molecule has 5 nitrogen and oxygen atoms in total. The van der Waals surface area contributed by atoms with Crippen LogP contribution < -0.4 is 0 Å². The summed E-state index contributed by atoms with van der Waals surface area (Å²) in [5.74, 6) is 0.558. The SMILES string of the molecule is Cn1c([N+](=O)[O-])cnc1/C=C/c1ccsc1. The van der Waals surface area contributed by atoms with Crippen molar-refractivity contribution in [3.05, 3.63) is 44.5 Å². The lowest BCUT2D eigenvalue weighted by Gasteiger charge is -1.93. The van der Waals surface area contributed by atoms with Crippen LogP contribution in [0.3, 0.4) is 0 Å². The number of nitrogens with zero attached hydrogens (tertiary/aromatic N) is 3. The zero-order chi connectivity index (χ0) is 11.5. The van der Waals surface area contributed by atoms with Gasteiger partial charge in [0.05, 0.1) is 7.05 Å². The summed E-state index contributed by atoms with van der Waals surface area (Å²) in [4.78, 5) is 14.1. The minimum absolute atomic E-state index is 0.00929. The lowest BCUT2D eigenvalue weighted by molar-refractivity contribution is -0.391. The molecule has 0 N–H and O–H groups in total. The monoisotopic (exact) mass is 235 g/mol. The van der Waals surface area contributed by atoms with Crippen molar-refractivity contribution in [1.29, 1.82) is 0 Å². The molecule has 2 aromatic rings. The van der Waals surface area contributed by atoms with Gasteiger partial charge in [0.2, 0.25) is 5.82 Å². The molecule has 0 aromatic carbocycles. The molecule has 0 saturated carbocycles. The summed E-state index contributed by atoms with van der Waals surface area (Å²) in [6.45, 7) is 0. The van der Waals surface area contributed by atoms with Gasteiger partial charge in [-0.05, 0) is 33.4 Å². The van der Waals surface area contributed by atoms with E-state index in [-0.39, 0.29) is 5.82 Å². The Hall–Kier alpha value is -1.95. The van der Waals surface area contributed by atoms with Gasteiger partial charge in [-0.3, -0.25) is 0 Å². The molecule has 2 aromatic heterocycles. The van der Waals surface area contributed by atoms with Crippen molar-refractivity contribution < 1.29 is 4.92 Å². The Morgan fingerprint density at radius 3 is 2.94 bits per heavy atom. The van der Waals surface area contributed by atoms with Crippen LogP contribution >= 0.6 is 11.3 Å². The van der Waals surface area contributed by atoms with Gasteiger partial charge < -0.3 is 10.1 Å². The number of thiophene rings is 1. The predicted octanol–water partition coefficient (Wildman–Crippen LogP) is 2.56. The van der Waals surface area contributed by atoms with Gasteiger partial charge in [0.15, 0.2) is 0 Å². The van der Waals surface area contributed by atoms with Gasteiger partial charge in [-0.15, -0.1) is 0 Å². The summed E-state index contributed by atoms with van der Waals surface area (Å²) in [6.07, 6.45) is 4.89. The maximum absolute atomic E-state index is 10.6. The molecule has 0 aliphatic rings. The van der Waals surface area contributed by atoms with Gasteiger partial charge >= 0.3 is 5.82 Å². The molecule has 0 radical (unpaired) electrons. The highest BCUT2D eigenvalue weighted by atomic mass is 32.1. The smallest absolute Gasteiger partial charge is 0.342 e. The standard InChI is InChI=1S/C10H9N3O2S/c1-12-9(11-6-10(12)13(14)15)3-2-8-4-5-16-7-8/h2-7H,1H3/b3-2+. The molecule has 0 aliphatic heterocycles. The third-order valence-electron chi connectivity index (χ3n) is 2.15. The first kappa shape index (κ1) is 10.6. The first-order chi connectivity index (χ1) is 7.68. The van der Waals surface area contributed by atoms with E-state index in [0.29, 0.717) is 5.82 Å². The maximum Gasteiger partial charge on any atom is 0.342 e. The summed E-state index contributed by atoms with van der Waals surface area (Å²) in [6, 6.07) is 1.97. The van der Waals surface area contributed by atoms with Crippen LogP contribution in [0.25, 0.3) is 12.2 Å². The Balaban J connectivity index is 2.26. The normalized spacial score (nSPS) is 11.1. The van der Waals surface area contributed by atoms with Crippen molar-refractivity contribution in [2.45, 2.75) is 0 Å². The first-order valence-electron chi connectivity index (χ1n) is 4.55. The second kappa shape index (κ2) is 4.28. The number of imidazole rings is 1. The molecule has 82 valence electrons. The van der Waals surface area contributed by atoms with Crippen LogP contribution in [-0.2, 0) is 7.05 Å². The number of hydrogen-bond donors (Lipinski definition) is 0. The van der Waals surface area contributed by atoms with Crippen LogP contribution in [0, 0.1) is 10.1 Å². The van der Waals surface area contributed by atoms with E-state index in [4.69, 9.17) is 0 Å². The van der Waals surface area contributed by atoms with Crippen molar-refractivity contribution in [3.8, 4) is 0 Å². The summed E-state index contributed by atoms with van der Waals surface area (Å²) in [5, 5.41) is 14.6. The minimum atomic E-state index is -0.449. The Bertz CT molecular complexity index is 528. The lowest BCUT2D eigenvalue weighted by atomic mass is 10.3. The van der Waals surface area contributed by atoms with Gasteiger partial charge in [0.1, 0.15) is 6.20 Å². The number of aromatic nitrogens is 2. The van der Waals surface area contributed by atoms with Crippen LogP contribution in [-0.4, -0.2) is 14.5 Å². The number of rotatable bonds is 3. The van der Waals surface area contributed by atoms with Gasteiger partial charge in [-0.1, -0.05) is 0 Å². The van der Waals surface area contributed by atoms with E-state index in [0.717, 1.165) is 5.56 Å². The predicted molar refractivity (Wildman–Crippen MR) is 63.1 cm³/mol. The topological polar surface area (TPSA) is 61.0 Å². The summed E-state index contributed by atoms with van der Waals surface area (Å²) < 4.78 is 1.45. The van der Waals surface area contributed by atoms with Crippen LogP contribution in [0.1, 0.15) is 11.4 Å². The van der Waals surface area contributed by atoms with Crippen LogP contribution in [0.15, 0.2) is 23.0 Å². The minimum Gasteiger partial charge on any atom is -0.358 e. The van der Waals surface area contributed by atoms with E-state index in [2.05, 4.69) is 4.98 Å². The highest BCUT2D eigenvalue weighted by Gasteiger charge is 2.13. The van der Waals surface area contributed by atoms with Gasteiger partial charge in [0, 0.05) is 6.08 Å². The molecule has 0 bridgehead atoms. The zero-order valence-corrected chi connectivity index (χ0v) is 9.35. The Morgan fingerprint density at radius 2 is 2.38 bits per heavy atom. The van der Waals surface area contributed by atoms with Gasteiger partial charge in [-0.2, -0.15) is 11.3 Å².